The van der Waals surface area contributed by atoms with Gasteiger partial charge >= 0.3 is 11.8 Å². The Morgan fingerprint density at radius 3 is 2.36 bits per heavy atom. The second kappa shape index (κ2) is 8.81. The van der Waals surface area contributed by atoms with Crippen LogP contribution in [0.4, 0.5) is 11.4 Å². The predicted octanol–water partition coefficient (Wildman–Crippen LogP) is 3.16. The zero-order valence-corrected chi connectivity index (χ0v) is 16.8. The average molecular weight is 395 g/mol. The molecule has 1 aliphatic heterocycles. The van der Waals surface area contributed by atoms with E-state index in [1.54, 1.807) is 29.2 Å². The molecule has 0 spiro atoms. The summed E-state index contributed by atoms with van der Waals surface area (Å²) in [6.07, 6.45) is 0. The van der Waals surface area contributed by atoms with Crippen LogP contribution >= 0.6 is 11.8 Å². The Hall–Kier alpha value is -2.98. The molecule has 0 aliphatic carbocycles. The molecule has 0 aromatic heterocycles. The monoisotopic (exact) mass is 394 g/mol. The highest BCUT2D eigenvalue weighted by molar-refractivity contribution is 8.03. The number of benzene rings is 2. The molecule has 0 unspecified atom stereocenters. The van der Waals surface area contributed by atoms with Crippen molar-refractivity contribution in [2.75, 3.05) is 36.4 Å². The molecule has 144 valence electrons. The molecule has 2 aromatic rings. The van der Waals surface area contributed by atoms with Crippen molar-refractivity contribution in [1.82, 2.24) is 4.90 Å². The summed E-state index contributed by atoms with van der Waals surface area (Å²) < 4.78 is 0. The van der Waals surface area contributed by atoms with E-state index in [0.29, 0.717) is 31.9 Å². The van der Waals surface area contributed by atoms with Crippen LogP contribution in [0.15, 0.2) is 47.4 Å². The molecule has 1 heterocycles. The van der Waals surface area contributed by atoms with Crippen molar-refractivity contribution in [3.8, 4) is 5.40 Å². The van der Waals surface area contributed by atoms with Gasteiger partial charge in [-0.15, -0.1) is 0 Å². The van der Waals surface area contributed by atoms with Gasteiger partial charge in [-0.3, -0.25) is 9.59 Å². The van der Waals surface area contributed by atoms with E-state index in [4.69, 9.17) is 5.26 Å². The number of aryl methyl sites for hydroxylation is 1. The van der Waals surface area contributed by atoms with Crippen LogP contribution in [0, 0.1) is 24.5 Å². The largest absolute Gasteiger partial charge is 0.368 e. The third kappa shape index (κ3) is 4.46. The van der Waals surface area contributed by atoms with Crippen LogP contribution in [-0.2, 0) is 9.59 Å². The van der Waals surface area contributed by atoms with E-state index in [1.165, 1.54) is 16.8 Å². The third-order valence-corrected chi connectivity index (χ3v) is 5.55. The molecule has 3 rings (SSSR count). The molecule has 1 fully saturated rings. The van der Waals surface area contributed by atoms with E-state index in [1.807, 2.05) is 11.5 Å². The van der Waals surface area contributed by atoms with Crippen molar-refractivity contribution in [3.63, 3.8) is 0 Å². The van der Waals surface area contributed by atoms with E-state index in [-0.39, 0.29) is 0 Å². The summed E-state index contributed by atoms with van der Waals surface area (Å²) in [6, 6.07) is 13.1. The summed E-state index contributed by atoms with van der Waals surface area (Å²) in [5.41, 5.74) is 4.22. The van der Waals surface area contributed by atoms with E-state index in [9.17, 15) is 9.59 Å². The number of hydrogen-bond donors (Lipinski definition) is 1. The predicted molar refractivity (Wildman–Crippen MR) is 111 cm³/mol. The first kappa shape index (κ1) is 19.8. The van der Waals surface area contributed by atoms with Gasteiger partial charge in [0.1, 0.15) is 5.40 Å². The molecule has 1 aliphatic rings. The molecule has 0 saturated carbocycles. The van der Waals surface area contributed by atoms with E-state index in [0.717, 1.165) is 16.7 Å². The fourth-order valence-electron chi connectivity index (χ4n) is 3.22. The van der Waals surface area contributed by atoms with Gasteiger partial charge in [0, 0.05) is 42.4 Å². The first-order valence-electron chi connectivity index (χ1n) is 9.07. The first-order valence-corrected chi connectivity index (χ1v) is 9.88. The summed E-state index contributed by atoms with van der Waals surface area (Å²) in [7, 11) is 0. The van der Waals surface area contributed by atoms with Crippen LogP contribution in [0.25, 0.3) is 0 Å². The quantitative estimate of drug-likeness (QED) is 0.492. The Bertz CT molecular complexity index is 913. The number of carbonyl (C=O) groups is 2. The molecule has 0 bridgehead atoms. The lowest BCUT2D eigenvalue weighted by molar-refractivity contribution is -0.143. The average Bonchev–Trinajstić information content (AvgIpc) is 2.71. The number of nitriles is 1. The van der Waals surface area contributed by atoms with Crippen molar-refractivity contribution >= 4 is 35.0 Å². The highest BCUT2D eigenvalue weighted by atomic mass is 32.2. The molecule has 2 amide bonds. The molecule has 6 nitrogen and oxygen atoms in total. The number of amides is 2. The number of hydrogen-bond acceptors (Lipinski definition) is 5. The van der Waals surface area contributed by atoms with Crippen LogP contribution in [0.5, 0.6) is 0 Å². The third-order valence-electron chi connectivity index (χ3n) is 4.95. The molecular formula is C21H22N4O2S. The molecule has 0 atom stereocenters. The van der Waals surface area contributed by atoms with Crippen molar-refractivity contribution in [2.45, 2.75) is 18.7 Å². The maximum Gasteiger partial charge on any atom is 0.313 e. The van der Waals surface area contributed by atoms with Crippen molar-refractivity contribution in [2.24, 2.45) is 0 Å². The Kier molecular flexibility index (Phi) is 6.22. The Morgan fingerprint density at radius 2 is 1.71 bits per heavy atom. The lowest BCUT2D eigenvalue weighted by Gasteiger charge is -2.36. The first-order chi connectivity index (χ1) is 13.5. The van der Waals surface area contributed by atoms with Gasteiger partial charge in [0.25, 0.3) is 0 Å². The Balaban J connectivity index is 1.56. The van der Waals surface area contributed by atoms with Gasteiger partial charge in [0.15, 0.2) is 0 Å². The Morgan fingerprint density at radius 1 is 1.04 bits per heavy atom. The number of rotatable bonds is 3. The van der Waals surface area contributed by atoms with Crippen molar-refractivity contribution < 1.29 is 9.59 Å². The van der Waals surface area contributed by atoms with Gasteiger partial charge in [0.2, 0.25) is 0 Å². The number of anilines is 2. The van der Waals surface area contributed by atoms with Crippen LogP contribution in [0.3, 0.4) is 0 Å². The summed E-state index contributed by atoms with van der Waals surface area (Å²) >= 11 is 1.05. The SMILES string of the molecule is Cc1cccc(N2CCN(C(=O)C(=O)Nc3ccc(SC#N)cc3)CC2)c1C. The lowest BCUT2D eigenvalue weighted by atomic mass is 10.1. The van der Waals surface area contributed by atoms with E-state index < -0.39 is 11.8 Å². The van der Waals surface area contributed by atoms with E-state index >= 15 is 0 Å². The van der Waals surface area contributed by atoms with Gasteiger partial charge in [-0.25, -0.2) is 0 Å². The zero-order chi connectivity index (χ0) is 20.1. The summed E-state index contributed by atoms with van der Waals surface area (Å²) in [6.45, 7) is 6.62. The van der Waals surface area contributed by atoms with Gasteiger partial charge in [-0.1, -0.05) is 12.1 Å². The second-order valence-corrected chi connectivity index (χ2v) is 7.53. The van der Waals surface area contributed by atoms with Crippen LogP contribution in [0.2, 0.25) is 0 Å². The topological polar surface area (TPSA) is 76.4 Å². The minimum atomic E-state index is -0.638. The summed E-state index contributed by atoms with van der Waals surface area (Å²) in [5.74, 6) is -1.16. The van der Waals surface area contributed by atoms with Gasteiger partial charge in [0.05, 0.1) is 0 Å². The minimum Gasteiger partial charge on any atom is -0.368 e. The molecule has 28 heavy (non-hydrogen) atoms. The Labute approximate surface area is 169 Å². The molecule has 0 radical (unpaired) electrons. The number of carbonyl (C=O) groups excluding carboxylic acids is 2. The summed E-state index contributed by atoms with van der Waals surface area (Å²) in [5, 5.41) is 13.3. The molecule has 7 heteroatoms. The fraction of sp³-hybridized carbons (Fsp3) is 0.286. The normalized spacial score (nSPS) is 13.8. The van der Waals surface area contributed by atoms with Gasteiger partial charge < -0.3 is 15.1 Å². The maximum atomic E-state index is 12.5. The molecule has 2 aromatic carbocycles. The number of thiocyanates is 1. The van der Waals surface area contributed by atoms with Gasteiger partial charge in [-0.2, -0.15) is 5.26 Å². The summed E-state index contributed by atoms with van der Waals surface area (Å²) in [4.78, 5) is 29.4. The van der Waals surface area contributed by atoms with Crippen LogP contribution < -0.4 is 10.2 Å². The molecule has 1 saturated heterocycles. The highest BCUT2D eigenvalue weighted by Gasteiger charge is 2.26. The van der Waals surface area contributed by atoms with Gasteiger partial charge in [-0.05, 0) is 67.1 Å². The van der Waals surface area contributed by atoms with Crippen molar-refractivity contribution in [1.29, 1.82) is 5.26 Å². The zero-order valence-electron chi connectivity index (χ0n) is 15.9. The van der Waals surface area contributed by atoms with Crippen LogP contribution in [0.1, 0.15) is 11.1 Å². The number of nitrogens with one attached hydrogen (secondary N) is 1. The number of nitrogens with zero attached hydrogens (tertiary/aromatic N) is 3. The molecular weight excluding hydrogens is 372 g/mol. The van der Waals surface area contributed by atoms with E-state index in [2.05, 4.69) is 36.2 Å². The standard InChI is InChI=1S/C21H22N4O2S/c1-15-4-3-5-19(16(15)2)24-10-12-25(13-11-24)21(27)20(26)23-17-6-8-18(9-7-17)28-14-22/h3-9H,10-13H2,1-2H3,(H,23,26). The maximum absolute atomic E-state index is 12.5. The lowest BCUT2D eigenvalue weighted by Crippen LogP contribution is -2.51. The highest BCUT2D eigenvalue weighted by Crippen LogP contribution is 2.24. The number of piperazine rings is 1. The van der Waals surface area contributed by atoms with Crippen LogP contribution in [-0.4, -0.2) is 42.9 Å². The smallest absolute Gasteiger partial charge is 0.313 e. The van der Waals surface area contributed by atoms with Crippen molar-refractivity contribution in [3.05, 3.63) is 53.6 Å². The second-order valence-electron chi connectivity index (χ2n) is 6.67. The minimum absolute atomic E-state index is 0.511. The molecule has 1 N–H and O–H groups in total. The number of thioether (sulfide) groups is 1. The fourth-order valence-corrected chi connectivity index (χ4v) is 3.59.